The van der Waals surface area contributed by atoms with E-state index in [2.05, 4.69) is 39.7 Å². The van der Waals surface area contributed by atoms with Gasteiger partial charge in [0.25, 0.3) is 0 Å². The molecule has 2 heterocycles. The Morgan fingerprint density at radius 2 is 1.88 bits per heavy atom. The van der Waals surface area contributed by atoms with Gasteiger partial charge in [0.2, 0.25) is 0 Å². The van der Waals surface area contributed by atoms with Gasteiger partial charge in [-0.2, -0.15) is 5.10 Å². The molecule has 0 saturated carbocycles. The second-order valence-electron chi connectivity index (χ2n) is 5.95. The highest BCUT2D eigenvalue weighted by atomic mass is 16.5. The van der Waals surface area contributed by atoms with Crippen molar-refractivity contribution in [2.24, 2.45) is 12.0 Å². The molecule has 132 valence electrons. The summed E-state index contributed by atoms with van der Waals surface area (Å²) in [6, 6.07) is 0. The van der Waals surface area contributed by atoms with Crippen LogP contribution in [0.3, 0.4) is 0 Å². The van der Waals surface area contributed by atoms with Crippen LogP contribution in [-0.4, -0.2) is 34.0 Å². The molecule has 0 bridgehead atoms. The van der Waals surface area contributed by atoms with Crippen LogP contribution < -0.4 is 10.6 Å². The van der Waals surface area contributed by atoms with E-state index in [9.17, 15) is 0 Å². The van der Waals surface area contributed by atoms with Gasteiger partial charge in [0.15, 0.2) is 5.96 Å². The molecule has 0 aliphatic rings. The zero-order valence-corrected chi connectivity index (χ0v) is 15.5. The zero-order valence-electron chi connectivity index (χ0n) is 15.5. The van der Waals surface area contributed by atoms with Crippen LogP contribution in [0.4, 0.5) is 0 Å². The highest BCUT2D eigenvalue weighted by Gasteiger charge is 2.10. The molecule has 0 radical (unpaired) electrons. The highest BCUT2D eigenvalue weighted by molar-refractivity contribution is 5.79. The summed E-state index contributed by atoms with van der Waals surface area (Å²) in [5, 5.41) is 15.1. The number of aliphatic imine (C=N–C) groups is 1. The van der Waals surface area contributed by atoms with Crippen molar-refractivity contribution in [1.82, 2.24) is 25.6 Å². The van der Waals surface area contributed by atoms with Crippen molar-refractivity contribution in [1.29, 1.82) is 0 Å². The first-order valence-corrected chi connectivity index (χ1v) is 8.37. The van der Waals surface area contributed by atoms with Crippen molar-refractivity contribution in [3.63, 3.8) is 0 Å². The average molecular weight is 332 g/mol. The first kappa shape index (κ1) is 18.0. The van der Waals surface area contributed by atoms with Gasteiger partial charge < -0.3 is 15.2 Å². The lowest BCUT2D eigenvalue weighted by molar-refractivity contribution is 0.392. The van der Waals surface area contributed by atoms with Crippen molar-refractivity contribution in [3.05, 3.63) is 34.0 Å². The second kappa shape index (κ2) is 7.99. The van der Waals surface area contributed by atoms with Gasteiger partial charge in [-0.05, 0) is 41.0 Å². The number of hydrogen-bond donors (Lipinski definition) is 2. The lowest BCUT2D eigenvalue weighted by Crippen LogP contribution is -2.38. The van der Waals surface area contributed by atoms with Crippen LogP contribution in [0.5, 0.6) is 0 Å². The van der Waals surface area contributed by atoms with Gasteiger partial charge in [-0.15, -0.1) is 0 Å². The van der Waals surface area contributed by atoms with Gasteiger partial charge in [0.1, 0.15) is 5.76 Å². The normalized spacial score (nSPS) is 11.8. The Bertz CT molecular complexity index is 693. The fourth-order valence-corrected chi connectivity index (χ4v) is 2.71. The lowest BCUT2D eigenvalue weighted by Gasteiger charge is -2.11. The van der Waals surface area contributed by atoms with Gasteiger partial charge in [0, 0.05) is 37.0 Å². The molecule has 0 unspecified atom stereocenters. The van der Waals surface area contributed by atoms with E-state index in [0.717, 1.165) is 53.9 Å². The lowest BCUT2D eigenvalue weighted by atomic mass is 10.1. The molecule has 2 rings (SSSR count). The second-order valence-corrected chi connectivity index (χ2v) is 5.95. The van der Waals surface area contributed by atoms with Gasteiger partial charge in [-0.3, -0.25) is 4.68 Å². The van der Waals surface area contributed by atoms with Crippen LogP contribution >= 0.6 is 0 Å². The van der Waals surface area contributed by atoms with Crippen LogP contribution in [-0.2, 0) is 20.0 Å². The fourth-order valence-electron chi connectivity index (χ4n) is 2.71. The van der Waals surface area contributed by atoms with E-state index in [0.29, 0.717) is 6.54 Å². The van der Waals surface area contributed by atoms with Gasteiger partial charge >= 0.3 is 0 Å². The van der Waals surface area contributed by atoms with Crippen LogP contribution in [0.2, 0.25) is 0 Å². The van der Waals surface area contributed by atoms with E-state index >= 15 is 0 Å². The molecule has 7 nitrogen and oxygen atoms in total. The van der Waals surface area contributed by atoms with Gasteiger partial charge in [-0.25, -0.2) is 4.99 Å². The number of guanidine groups is 1. The first-order chi connectivity index (χ1) is 11.4. The number of nitrogens with one attached hydrogen (secondary N) is 2. The summed E-state index contributed by atoms with van der Waals surface area (Å²) in [5.74, 6) is 1.70. The molecule has 0 aliphatic heterocycles. The standard InChI is InChI=1S/C17H28N6O/c1-7-18-17(19-9-8-15-12(3)22-24-14(15)5)20-10-16-11(2)21-23(6)13(16)4/h7-10H2,1-6H3,(H2,18,19,20). The molecular formula is C17H28N6O. The van der Waals surface area contributed by atoms with E-state index < -0.39 is 0 Å². The predicted molar refractivity (Wildman–Crippen MR) is 95.2 cm³/mol. The summed E-state index contributed by atoms with van der Waals surface area (Å²) in [5.41, 5.74) is 5.49. The molecule has 2 N–H and O–H groups in total. The molecule has 0 atom stereocenters. The molecule has 24 heavy (non-hydrogen) atoms. The van der Waals surface area contributed by atoms with E-state index in [1.54, 1.807) is 0 Å². The molecule has 0 amide bonds. The van der Waals surface area contributed by atoms with E-state index in [1.807, 2.05) is 32.5 Å². The maximum Gasteiger partial charge on any atom is 0.191 e. The summed E-state index contributed by atoms with van der Waals surface area (Å²) >= 11 is 0. The maximum atomic E-state index is 5.20. The number of aromatic nitrogens is 3. The summed E-state index contributed by atoms with van der Waals surface area (Å²) in [4.78, 5) is 4.68. The van der Waals surface area contributed by atoms with Crippen molar-refractivity contribution in [2.45, 2.75) is 47.6 Å². The molecular weight excluding hydrogens is 304 g/mol. The molecule has 0 fully saturated rings. The first-order valence-electron chi connectivity index (χ1n) is 8.37. The minimum atomic E-state index is 0.617. The Morgan fingerprint density at radius 3 is 2.42 bits per heavy atom. The molecule has 0 saturated heterocycles. The molecule has 0 spiro atoms. The Hall–Kier alpha value is -2.31. The Labute approximate surface area is 143 Å². The number of aryl methyl sites for hydroxylation is 4. The van der Waals surface area contributed by atoms with E-state index in [4.69, 9.17) is 4.52 Å². The molecule has 2 aromatic rings. The number of rotatable bonds is 6. The van der Waals surface area contributed by atoms with Crippen LogP contribution in [0.25, 0.3) is 0 Å². The Morgan fingerprint density at radius 1 is 1.12 bits per heavy atom. The molecule has 0 aromatic carbocycles. The van der Waals surface area contributed by atoms with Crippen LogP contribution in [0.1, 0.15) is 40.9 Å². The predicted octanol–water partition coefficient (Wildman–Crippen LogP) is 1.94. The van der Waals surface area contributed by atoms with Crippen LogP contribution in [0.15, 0.2) is 9.52 Å². The monoisotopic (exact) mass is 332 g/mol. The summed E-state index contributed by atoms with van der Waals surface area (Å²) < 4.78 is 7.10. The van der Waals surface area contributed by atoms with Crippen molar-refractivity contribution < 1.29 is 4.52 Å². The third-order valence-electron chi connectivity index (χ3n) is 4.25. The van der Waals surface area contributed by atoms with Crippen molar-refractivity contribution in [2.75, 3.05) is 13.1 Å². The van der Waals surface area contributed by atoms with Crippen molar-refractivity contribution in [3.8, 4) is 0 Å². The van der Waals surface area contributed by atoms with Crippen molar-refractivity contribution >= 4 is 5.96 Å². The summed E-state index contributed by atoms with van der Waals surface area (Å²) in [6.45, 7) is 12.3. The Balaban J connectivity index is 1.98. The average Bonchev–Trinajstić information content (AvgIpc) is 2.98. The third-order valence-corrected chi connectivity index (χ3v) is 4.25. The van der Waals surface area contributed by atoms with Gasteiger partial charge in [0.05, 0.1) is 17.9 Å². The summed E-state index contributed by atoms with van der Waals surface area (Å²) in [6.07, 6.45) is 0.858. The quantitative estimate of drug-likeness (QED) is 0.624. The highest BCUT2D eigenvalue weighted by Crippen LogP contribution is 2.13. The molecule has 0 aliphatic carbocycles. The van der Waals surface area contributed by atoms with E-state index in [-0.39, 0.29) is 0 Å². The summed E-state index contributed by atoms with van der Waals surface area (Å²) in [7, 11) is 1.96. The minimum absolute atomic E-state index is 0.617. The maximum absolute atomic E-state index is 5.20. The Kier molecular flexibility index (Phi) is 6.00. The number of hydrogen-bond acceptors (Lipinski definition) is 4. The SMILES string of the molecule is CCNC(=NCc1c(C)nn(C)c1C)NCCc1c(C)noc1C. The topological polar surface area (TPSA) is 80.3 Å². The molecule has 7 heteroatoms. The number of nitrogens with zero attached hydrogens (tertiary/aromatic N) is 4. The van der Waals surface area contributed by atoms with Crippen LogP contribution in [0, 0.1) is 27.7 Å². The third kappa shape index (κ3) is 4.15. The smallest absolute Gasteiger partial charge is 0.191 e. The van der Waals surface area contributed by atoms with E-state index in [1.165, 1.54) is 5.56 Å². The zero-order chi connectivity index (χ0) is 17.7. The fraction of sp³-hybridized carbons (Fsp3) is 0.588. The van der Waals surface area contributed by atoms with Gasteiger partial charge in [-0.1, -0.05) is 5.16 Å². The minimum Gasteiger partial charge on any atom is -0.361 e. The largest absolute Gasteiger partial charge is 0.361 e. The molecule has 2 aromatic heterocycles.